The second kappa shape index (κ2) is 9.02. The predicted molar refractivity (Wildman–Crippen MR) is 78.0 cm³/mol. The van der Waals surface area contributed by atoms with Crippen LogP contribution in [0.5, 0.6) is 5.75 Å². The van der Waals surface area contributed by atoms with Crippen molar-refractivity contribution in [1.29, 1.82) is 0 Å². The third-order valence-electron chi connectivity index (χ3n) is 3.02. The van der Waals surface area contributed by atoms with Crippen molar-refractivity contribution in [1.82, 2.24) is 10.6 Å². The molecule has 1 aromatic rings. The van der Waals surface area contributed by atoms with E-state index in [0.29, 0.717) is 6.42 Å². The molecule has 5 nitrogen and oxygen atoms in total. The molecule has 0 heterocycles. The maximum atomic E-state index is 11.9. The smallest absolute Gasteiger partial charge is 0.471 e. The van der Waals surface area contributed by atoms with E-state index < -0.39 is 12.1 Å². The Morgan fingerprint density at radius 2 is 1.70 bits per heavy atom. The van der Waals surface area contributed by atoms with Gasteiger partial charge in [-0.15, -0.1) is 0 Å². The van der Waals surface area contributed by atoms with Crippen LogP contribution in [-0.2, 0) is 16.0 Å². The van der Waals surface area contributed by atoms with Crippen LogP contribution in [0.2, 0.25) is 0 Å². The van der Waals surface area contributed by atoms with Gasteiger partial charge in [0, 0.05) is 19.5 Å². The summed E-state index contributed by atoms with van der Waals surface area (Å²) in [4.78, 5) is 22.1. The van der Waals surface area contributed by atoms with Crippen molar-refractivity contribution in [2.24, 2.45) is 0 Å². The van der Waals surface area contributed by atoms with E-state index in [0.717, 1.165) is 11.3 Å². The lowest BCUT2D eigenvalue weighted by Gasteiger charge is -2.08. The summed E-state index contributed by atoms with van der Waals surface area (Å²) in [6.07, 6.45) is -3.81. The van der Waals surface area contributed by atoms with E-state index in [1.165, 1.54) is 0 Å². The van der Waals surface area contributed by atoms with Gasteiger partial charge in [-0.1, -0.05) is 12.1 Å². The summed E-state index contributed by atoms with van der Waals surface area (Å²) in [6.45, 7) is 0.0662. The van der Waals surface area contributed by atoms with Crippen molar-refractivity contribution in [2.75, 3.05) is 20.2 Å². The fourth-order valence-corrected chi connectivity index (χ4v) is 1.76. The number of alkyl halides is 3. The molecular weight excluding hydrogens is 313 g/mol. The quantitative estimate of drug-likeness (QED) is 0.714. The Balaban J connectivity index is 2.13. The van der Waals surface area contributed by atoms with E-state index in [2.05, 4.69) is 5.32 Å². The Morgan fingerprint density at radius 3 is 2.26 bits per heavy atom. The van der Waals surface area contributed by atoms with Crippen molar-refractivity contribution in [2.45, 2.75) is 25.4 Å². The Kier molecular flexibility index (Phi) is 7.37. The number of methoxy groups -OCH3 is 1. The van der Waals surface area contributed by atoms with Gasteiger partial charge in [0.05, 0.1) is 7.11 Å². The molecule has 23 heavy (non-hydrogen) atoms. The largest absolute Gasteiger partial charge is 0.497 e. The molecule has 0 saturated heterocycles. The number of aryl methyl sites for hydroxylation is 1. The first-order valence-electron chi connectivity index (χ1n) is 7.07. The van der Waals surface area contributed by atoms with Crippen molar-refractivity contribution in [3.05, 3.63) is 29.8 Å². The molecule has 0 bridgehead atoms. The summed E-state index contributed by atoms with van der Waals surface area (Å²) in [7, 11) is 1.57. The van der Waals surface area contributed by atoms with Crippen molar-refractivity contribution < 1.29 is 27.5 Å². The minimum atomic E-state index is -4.87. The number of hydrogen-bond donors (Lipinski definition) is 2. The zero-order chi connectivity index (χ0) is 17.3. The molecule has 1 aromatic carbocycles. The molecule has 0 aromatic heterocycles. The van der Waals surface area contributed by atoms with Gasteiger partial charge in [0.1, 0.15) is 5.75 Å². The van der Waals surface area contributed by atoms with E-state index in [1.54, 1.807) is 24.6 Å². The van der Waals surface area contributed by atoms with E-state index in [-0.39, 0.29) is 31.8 Å². The topological polar surface area (TPSA) is 67.4 Å². The van der Waals surface area contributed by atoms with Crippen molar-refractivity contribution >= 4 is 11.8 Å². The first kappa shape index (κ1) is 18.8. The number of carbonyl (C=O) groups is 2. The lowest BCUT2D eigenvalue weighted by atomic mass is 10.1. The van der Waals surface area contributed by atoms with Crippen LogP contribution in [-0.4, -0.2) is 38.2 Å². The summed E-state index contributed by atoms with van der Waals surface area (Å²) in [6, 6.07) is 7.32. The predicted octanol–water partition coefficient (Wildman–Crippen LogP) is 1.81. The highest BCUT2D eigenvalue weighted by Crippen LogP contribution is 2.14. The van der Waals surface area contributed by atoms with Gasteiger partial charge in [0.2, 0.25) is 5.91 Å². The molecule has 8 heteroatoms. The van der Waals surface area contributed by atoms with E-state index in [1.807, 2.05) is 12.1 Å². The highest BCUT2D eigenvalue weighted by Gasteiger charge is 2.38. The number of halogens is 3. The molecule has 0 saturated carbocycles. The molecule has 0 radical (unpaired) electrons. The molecule has 2 N–H and O–H groups in total. The number of benzene rings is 1. The Morgan fingerprint density at radius 1 is 1.09 bits per heavy atom. The zero-order valence-corrected chi connectivity index (χ0v) is 12.7. The molecular formula is C15H19F3N2O3. The average Bonchev–Trinajstić information content (AvgIpc) is 2.52. The van der Waals surface area contributed by atoms with Crippen LogP contribution in [0.4, 0.5) is 13.2 Å². The van der Waals surface area contributed by atoms with E-state index >= 15 is 0 Å². The highest BCUT2D eigenvalue weighted by atomic mass is 19.4. The lowest BCUT2D eigenvalue weighted by Crippen LogP contribution is -2.38. The number of rotatable bonds is 8. The maximum Gasteiger partial charge on any atom is 0.471 e. The van der Waals surface area contributed by atoms with Crippen LogP contribution in [0.15, 0.2) is 24.3 Å². The second-order valence-corrected chi connectivity index (χ2v) is 4.81. The fourth-order valence-electron chi connectivity index (χ4n) is 1.76. The summed E-state index contributed by atoms with van der Waals surface area (Å²) >= 11 is 0. The number of hydrogen-bond acceptors (Lipinski definition) is 3. The maximum absolute atomic E-state index is 11.9. The van der Waals surface area contributed by atoms with Crippen LogP contribution in [0.3, 0.4) is 0 Å². The van der Waals surface area contributed by atoms with Gasteiger partial charge in [-0.2, -0.15) is 13.2 Å². The fraction of sp³-hybridized carbons (Fsp3) is 0.467. The molecule has 0 unspecified atom stereocenters. The van der Waals surface area contributed by atoms with Crippen LogP contribution < -0.4 is 15.4 Å². The minimum Gasteiger partial charge on any atom is -0.497 e. The SMILES string of the molecule is COc1ccc(CCC(=O)NCCCNC(=O)C(F)(F)F)cc1. The van der Waals surface area contributed by atoms with Gasteiger partial charge < -0.3 is 15.4 Å². The summed E-state index contributed by atoms with van der Waals surface area (Å²) < 4.78 is 40.7. The normalized spacial score (nSPS) is 11.0. The van der Waals surface area contributed by atoms with Gasteiger partial charge in [-0.25, -0.2) is 0 Å². The Hall–Kier alpha value is -2.25. The molecule has 1 rings (SSSR count). The summed E-state index contributed by atoms with van der Waals surface area (Å²) in [5.41, 5.74) is 0.985. The second-order valence-electron chi connectivity index (χ2n) is 4.81. The molecule has 2 amide bonds. The van der Waals surface area contributed by atoms with Crippen molar-refractivity contribution in [3.63, 3.8) is 0 Å². The van der Waals surface area contributed by atoms with Crippen LogP contribution in [0.25, 0.3) is 0 Å². The summed E-state index contributed by atoms with van der Waals surface area (Å²) in [5.74, 6) is -1.43. The number of nitrogens with one attached hydrogen (secondary N) is 2. The first-order valence-corrected chi connectivity index (χ1v) is 7.07. The van der Waals surface area contributed by atoms with Gasteiger partial charge in [-0.3, -0.25) is 9.59 Å². The highest BCUT2D eigenvalue weighted by molar-refractivity contribution is 5.81. The minimum absolute atomic E-state index is 0.142. The zero-order valence-electron chi connectivity index (χ0n) is 12.7. The van der Waals surface area contributed by atoms with Gasteiger partial charge in [0.25, 0.3) is 0 Å². The number of amides is 2. The van der Waals surface area contributed by atoms with E-state index in [9.17, 15) is 22.8 Å². The molecule has 0 aliphatic rings. The molecule has 0 aliphatic heterocycles. The van der Waals surface area contributed by atoms with Gasteiger partial charge >= 0.3 is 12.1 Å². The van der Waals surface area contributed by atoms with Crippen molar-refractivity contribution in [3.8, 4) is 5.75 Å². The van der Waals surface area contributed by atoms with Crippen LogP contribution in [0.1, 0.15) is 18.4 Å². The monoisotopic (exact) mass is 332 g/mol. The molecule has 128 valence electrons. The lowest BCUT2D eigenvalue weighted by molar-refractivity contribution is -0.173. The standard InChI is InChI=1S/C15H19F3N2O3/c1-23-12-6-3-11(4-7-12)5-8-13(21)19-9-2-10-20-14(22)15(16,17)18/h3-4,6-7H,2,5,8-10H2,1H3,(H,19,21)(H,20,22). The molecule has 0 atom stereocenters. The number of carbonyl (C=O) groups excluding carboxylic acids is 2. The average molecular weight is 332 g/mol. The van der Waals surface area contributed by atoms with Gasteiger partial charge in [0.15, 0.2) is 0 Å². The molecule has 0 aliphatic carbocycles. The Labute approximate surface area is 132 Å². The van der Waals surface area contributed by atoms with E-state index in [4.69, 9.17) is 4.74 Å². The number of ether oxygens (including phenoxy) is 1. The summed E-state index contributed by atoms with van der Waals surface area (Å²) in [5, 5.41) is 4.33. The first-order chi connectivity index (χ1) is 10.8. The molecule has 0 fully saturated rings. The van der Waals surface area contributed by atoms with Gasteiger partial charge in [-0.05, 0) is 30.5 Å². The Bertz CT molecular complexity index is 516. The van der Waals surface area contributed by atoms with Crippen LogP contribution in [0, 0.1) is 0 Å². The third kappa shape index (κ3) is 7.53. The van der Waals surface area contributed by atoms with Crippen LogP contribution >= 0.6 is 0 Å². The third-order valence-corrected chi connectivity index (χ3v) is 3.02. The molecule has 0 spiro atoms.